The molecule has 1 saturated heterocycles. The van der Waals surface area contributed by atoms with E-state index in [2.05, 4.69) is 46.8 Å². The van der Waals surface area contributed by atoms with Gasteiger partial charge < -0.3 is 10.2 Å². The van der Waals surface area contributed by atoms with E-state index in [0.29, 0.717) is 11.7 Å². The molecule has 0 saturated carbocycles. The zero-order valence-electron chi connectivity index (χ0n) is 15.0. The molecule has 1 amide bonds. The van der Waals surface area contributed by atoms with E-state index in [0.717, 1.165) is 31.5 Å². The fraction of sp³-hybridized carbons (Fsp3) is 0.500. The van der Waals surface area contributed by atoms with E-state index in [1.165, 1.54) is 5.56 Å². The molecule has 0 spiro atoms. The molecule has 25 heavy (non-hydrogen) atoms. The molecule has 0 radical (unpaired) electrons. The van der Waals surface area contributed by atoms with Crippen LogP contribution < -0.4 is 5.32 Å². The minimum atomic E-state index is -0.0942. The SMILES string of the molecule is Cc1ccc(C(C)N(C)C(=O)c2cn(C3CCNCC3)nn2)cc1.Cl. The van der Waals surface area contributed by atoms with Crippen LogP contribution in [0, 0.1) is 6.92 Å². The summed E-state index contributed by atoms with van der Waals surface area (Å²) in [5, 5.41) is 11.6. The highest BCUT2D eigenvalue weighted by atomic mass is 35.5. The molecule has 1 N–H and O–H groups in total. The van der Waals surface area contributed by atoms with Gasteiger partial charge in [0.1, 0.15) is 0 Å². The van der Waals surface area contributed by atoms with Gasteiger partial charge in [0.2, 0.25) is 0 Å². The number of hydrogen-bond acceptors (Lipinski definition) is 4. The van der Waals surface area contributed by atoms with Gasteiger partial charge in [-0.3, -0.25) is 4.79 Å². The summed E-state index contributed by atoms with van der Waals surface area (Å²) < 4.78 is 1.85. The Morgan fingerprint density at radius 2 is 1.92 bits per heavy atom. The van der Waals surface area contributed by atoms with Crippen molar-refractivity contribution in [3.05, 3.63) is 47.3 Å². The first-order valence-corrected chi connectivity index (χ1v) is 8.52. The molecule has 136 valence electrons. The van der Waals surface area contributed by atoms with Crippen LogP contribution in [0.5, 0.6) is 0 Å². The maximum atomic E-state index is 12.7. The molecule has 0 bridgehead atoms. The number of piperidine rings is 1. The summed E-state index contributed by atoms with van der Waals surface area (Å²) in [6, 6.07) is 8.59. The molecule has 2 heterocycles. The second kappa shape index (κ2) is 8.45. The zero-order valence-corrected chi connectivity index (χ0v) is 15.8. The number of nitrogens with zero attached hydrogens (tertiary/aromatic N) is 4. The number of aromatic nitrogens is 3. The van der Waals surface area contributed by atoms with Gasteiger partial charge in [-0.15, -0.1) is 17.5 Å². The quantitative estimate of drug-likeness (QED) is 0.907. The van der Waals surface area contributed by atoms with Crippen molar-refractivity contribution in [3.63, 3.8) is 0 Å². The van der Waals surface area contributed by atoms with E-state index in [1.807, 2.05) is 18.7 Å². The first kappa shape index (κ1) is 19.4. The number of nitrogens with one attached hydrogen (secondary N) is 1. The number of carbonyl (C=O) groups excluding carboxylic acids is 1. The normalized spacial score (nSPS) is 16.1. The second-order valence-corrected chi connectivity index (χ2v) is 6.57. The Morgan fingerprint density at radius 1 is 1.28 bits per heavy atom. The lowest BCUT2D eigenvalue weighted by Crippen LogP contribution is -2.30. The van der Waals surface area contributed by atoms with Crippen LogP contribution in [0.15, 0.2) is 30.5 Å². The van der Waals surface area contributed by atoms with Gasteiger partial charge in [0, 0.05) is 7.05 Å². The Bertz CT molecular complexity index is 694. The molecular formula is C18H26ClN5O. The van der Waals surface area contributed by atoms with E-state index in [9.17, 15) is 4.79 Å². The Labute approximate surface area is 155 Å². The van der Waals surface area contributed by atoms with E-state index in [1.54, 1.807) is 11.1 Å². The number of rotatable bonds is 4. The standard InChI is InChI=1S/C18H25N5O.ClH/c1-13-4-6-15(7-5-13)14(2)22(3)18(24)17-12-23(21-20-17)16-8-10-19-11-9-16;/h4-7,12,14,16,19H,8-11H2,1-3H3;1H. The highest BCUT2D eigenvalue weighted by Crippen LogP contribution is 2.22. The van der Waals surface area contributed by atoms with Crippen molar-refractivity contribution >= 4 is 18.3 Å². The number of carbonyl (C=O) groups is 1. The topological polar surface area (TPSA) is 63.1 Å². The summed E-state index contributed by atoms with van der Waals surface area (Å²) in [4.78, 5) is 14.4. The van der Waals surface area contributed by atoms with Crippen LogP contribution in [0.3, 0.4) is 0 Å². The molecular weight excluding hydrogens is 338 g/mol. The molecule has 1 aromatic heterocycles. The maximum absolute atomic E-state index is 12.7. The molecule has 2 aromatic rings. The van der Waals surface area contributed by atoms with Crippen molar-refractivity contribution in [2.45, 2.75) is 38.8 Å². The third-order valence-corrected chi connectivity index (χ3v) is 4.87. The molecule has 1 fully saturated rings. The third-order valence-electron chi connectivity index (χ3n) is 4.87. The minimum Gasteiger partial charge on any atom is -0.334 e. The van der Waals surface area contributed by atoms with Crippen LogP contribution in [0.1, 0.15) is 53.5 Å². The summed E-state index contributed by atoms with van der Waals surface area (Å²) in [6.45, 7) is 6.05. The van der Waals surface area contributed by atoms with Gasteiger partial charge in [0.05, 0.1) is 18.3 Å². The van der Waals surface area contributed by atoms with E-state index >= 15 is 0 Å². The molecule has 1 aliphatic heterocycles. The molecule has 1 aromatic carbocycles. The Kier molecular flexibility index (Phi) is 6.56. The third kappa shape index (κ3) is 4.38. The number of halogens is 1. The van der Waals surface area contributed by atoms with Crippen molar-refractivity contribution in [1.29, 1.82) is 0 Å². The number of amides is 1. The monoisotopic (exact) mass is 363 g/mol. The summed E-state index contributed by atoms with van der Waals surface area (Å²) in [6.07, 6.45) is 3.83. The van der Waals surface area contributed by atoms with Gasteiger partial charge in [-0.25, -0.2) is 4.68 Å². The van der Waals surface area contributed by atoms with Crippen molar-refractivity contribution < 1.29 is 4.79 Å². The van der Waals surface area contributed by atoms with E-state index in [-0.39, 0.29) is 24.4 Å². The second-order valence-electron chi connectivity index (χ2n) is 6.57. The first-order valence-electron chi connectivity index (χ1n) is 8.52. The summed E-state index contributed by atoms with van der Waals surface area (Å²) in [5.41, 5.74) is 2.74. The van der Waals surface area contributed by atoms with Crippen molar-refractivity contribution in [3.8, 4) is 0 Å². The van der Waals surface area contributed by atoms with Gasteiger partial charge in [-0.05, 0) is 45.3 Å². The smallest absolute Gasteiger partial charge is 0.276 e. The molecule has 3 rings (SSSR count). The number of hydrogen-bond donors (Lipinski definition) is 1. The molecule has 1 unspecified atom stereocenters. The Morgan fingerprint density at radius 3 is 2.56 bits per heavy atom. The average Bonchev–Trinajstić information content (AvgIpc) is 3.11. The van der Waals surface area contributed by atoms with Gasteiger partial charge in [-0.1, -0.05) is 35.0 Å². The van der Waals surface area contributed by atoms with E-state index < -0.39 is 0 Å². The molecule has 1 atom stereocenters. The molecule has 7 heteroatoms. The molecule has 0 aliphatic carbocycles. The van der Waals surface area contributed by atoms with Crippen molar-refractivity contribution in [2.75, 3.05) is 20.1 Å². The Hall–Kier alpha value is -1.92. The highest BCUT2D eigenvalue weighted by molar-refractivity contribution is 5.92. The van der Waals surface area contributed by atoms with Crippen LogP contribution >= 0.6 is 12.4 Å². The maximum Gasteiger partial charge on any atom is 0.276 e. The van der Waals surface area contributed by atoms with E-state index in [4.69, 9.17) is 0 Å². The average molecular weight is 364 g/mol. The minimum absolute atomic E-state index is 0. The predicted octanol–water partition coefficient (Wildman–Crippen LogP) is 2.77. The highest BCUT2D eigenvalue weighted by Gasteiger charge is 2.23. The van der Waals surface area contributed by atoms with Crippen LogP contribution in [-0.4, -0.2) is 45.9 Å². The summed E-state index contributed by atoms with van der Waals surface area (Å²) in [7, 11) is 1.82. The van der Waals surface area contributed by atoms with Gasteiger partial charge in [0.25, 0.3) is 5.91 Å². The van der Waals surface area contributed by atoms with Crippen LogP contribution in [0.2, 0.25) is 0 Å². The predicted molar refractivity (Wildman–Crippen MR) is 100 cm³/mol. The number of benzene rings is 1. The molecule has 1 aliphatic rings. The van der Waals surface area contributed by atoms with Gasteiger partial charge >= 0.3 is 0 Å². The lowest BCUT2D eigenvalue weighted by atomic mass is 10.1. The van der Waals surface area contributed by atoms with Crippen molar-refractivity contribution in [1.82, 2.24) is 25.2 Å². The lowest BCUT2D eigenvalue weighted by Gasteiger charge is -2.24. The first-order chi connectivity index (χ1) is 11.6. The largest absolute Gasteiger partial charge is 0.334 e. The van der Waals surface area contributed by atoms with Crippen LogP contribution in [0.4, 0.5) is 0 Å². The fourth-order valence-corrected chi connectivity index (χ4v) is 3.05. The summed E-state index contributed by atoms with van der Waals surface area (Å²) >= 11 is 0. The summed E-state index contributed by atoms with van der Waals surface area (Å²) in [5.74, 6) is -0.0942. The van der Waals surface area contributed by atoms with Crippen LogP contribution in [0.25, 0.3) is 0 Å². The van der Waals surface area contributed by atoms with Gasteiger partial charge in [0.15, 0.2) is 5.69 Å². The van der Waals surface area contributed by atoms with Crippen molar-refractivity contribution in [2.24, 2.45) is 0 Å². The van der Waals surface area contributed by atoms with Crippen LogP contribution in [-0.2, 0) is 0 Å². The Balaban J connectivity index is 0.00000225. The zero-order chi connectivity index (χ0) is 17.1. The lowest BCUT2D eigenvalue weighted by molar-refractivity contribution is 0.0736. The molecule has 6 nitrogen and oxygen atoms in total. The fourth-order valence-electron chi connectivity index (χ4n) is 3.05. The van der Waals surface area contributed by atoms with Gasteiger partial charge in [-0.2, -0.15) is 0 Å². The number of aryl methyl sites for hydroxylation is 1.